The second-order valence-electron chi connectivity index (χ2n) is 9.24. The predicted octanol–water partition coefficient (Wildman–Crippen LogP) is 1.11. The zero-order valence-electron chi connectivity index (χ0n) is 14.3. The van der Waals surface area contributed by atoms with Crippen LogP contribution in [0.25, 0.3) is 0 Å². The zero-order valence-corrected chi connectivity index (χ0v) is 14.3. The van der Waals surface area contributed by atoms with E-state index < -0.39 is 52.4 Å². The number of hydrogen-bond acceptors (Lipinski definition) is 5. The molecule has 4 bridgehead atoms. The summed E-state index contributed by atoms with van der Waals surface area (Å²) in [4.78, 5) is 25.2. The molecule has 1 unspecified atom stereocenters. The van der Waals surface area contributed by atoms with Crippen LogP contribution in [0.15, 0.2) is 12.2 Å². The van der Waals surface area contributed by atoms with Crippen LogP contribution in [-0.2, 0) is 14.3 Å². The number of aliphatic hydroxyl groups is 2. The molecule has 5 rings (SSSR count). The minimum atomic E-state index is -1.37. The molecule has 3 N–H and O–H groups in total. The average Bonchev–Trinajstić information content (AvgIpc) is 3.00. The first-order valence-electron chi connectivity index (χ1n) is 9.18. The normalized spacial score (nSPS) is 58.7. The number of aliphatic hydroxyl groups excluding tert-OH is 2. The summed E-state index contributed by atoms with van der Waals surface area (Å²) in [7, 11) is 0. The first-order chi connectivity index (χ1) is 11.7. The van der Waals surface area contributed by atoms with Crippen molar-refractivity contribution in [3.8, 4) is 0 Å². The summed E-state index contributed by atoms with van der Waals surface area (Å²) < 4.78 is 5.92. The molecule has 4 saturated carbocycles. The first-order valence-corrected chi connectivity index (χ1v) is 9.18. The Labute approximate surface area is 145 Å². The van der Waals surface area contributed by atoms with Crippen LogP contribution in [0.4, 0.5) is 0 Å². The Morgan fingerprint density at radius 2 is 2.00 bits per heavy atom. The van der Waals surface area contributed by atoms with E-state index in [0.29, 0.717) is 12.3 Å². The number of carboxylic acid groups (broad SMARTS) is 1. The van der Waals surface area contributed by atoms with Gasteiger partial charge in [-0.25, -0.2) is 0 Å². The molecule has 0 radical (unpaired) electrons. The molecule has 0 aromatic rings. The second-order valence-corrected chi connectivity index (χ2v) is 9.24. The van der Waals surface area contributed by atoms with E-state index >= 15 is 0 Å². The van der Waals surface area contributed by atoms with Crippen LogP contribution in [0.3, 0.4) is 0 Å². The van der Waals surface area contributed by atoms with Gasteiger partial charge in [0.2, 0.25) is 0 Å². The Morgan fingerprint density at radius 3 is 2.68 bits per heavy atom. The van der Waals surface area contributed by atoms with E-state index in [4.69, 9.17) is 4.74 Å². The van der Waals surface area contributed by atoms with Gasteiger partial charge in [-0.15, -0.1) is 0 Å². The highest BCUT2D eigenvalue weighted by Crippen LogP contribution is 2.77. The van der Waals surface area contributed by atoms with Crippen molar-refractivity contribution in [3.63, 3.8) is 0 Å². The Bertz CT molecular complexity index is 717. The van der Waals surface area contributed by atoms with Crippen molar-refractivity contribution in [1.82, 2.24) is 0 Å². The molecular formula is C19H24O6. The molecule has 1 aliphatic heterocycles. The maximum Gasteiger partial charge on any atom is 0.315 e. The first kappa shape index (κ1) is 15.8. The molecule has 0 aromatic carbocycles. The summed E-state index contributed by atoms with van der Waals surface area (Å²) in [6.45, 7) is 5.77. The van der Waals surface area contributed by atoms with Crippen LogP contribution in [0.5, 0.6) is 0 Å². The van der Waals surface area contributed by atoms with Crippen molar-refractivity contribution in [2.75, 3.05) is 0 Å². The molecule has 9 atom stereocenters. The Hall–Kier alpha value is -1.40. The van der Waals surface area contributed by atoms with E-state index in [1.54, 1.807) is 6.92 Å². The van der Waals surface area contributed by atoms with Crippen molar-refractivity contribution in [2.45, 2.75) is 56.8 Å². The third-order valence-electron chi connectivity index (χ3n) is 8.47. The number of fused-ring (bicyclic) bond motifs is 1. The molecule has 1 spiro atoms. The number of carboxylic acids is 1. The summed E-state index contributed by atoms with van der Waals surface area (Å²) in [6.07, 6.45) is 0.907. The summed E-state index contributed by atoms with van der Waals surface area (Å²) >= 11 is 0. The molecule has 0 aromatic heterocycles. The fourth-order valence-corrected chi connectivity index (χ4v) is 7.72. The van der Waals surface area contributed by atoms with Gasteiger partial charge >= 0.3 is 11.9 Å². The fourth-order valence-electron chi connectivity index (χ4n) is 7.72. The Kier molecular flexibility index (Phi) is 2.71. The fraction of sp³-hybridized carbons (Fsp3) is 0.789. The average molecular weight is 348 g/mol. The van der Waals surface area contributed by atoms with Gasteiger partial charge in [-0.1, -0.05) is 12.2 Å². The predicted molar refractivity (Wildman–Crippen MR) is 85.2 cm³/mol. The Morgan fingerprint density at radius 1 is 1.28 bits per heavy atom. The number of aliphatic carboxylic acids is 1. The summed E-state index contributed by atoms with van der Waals surface area (Å²) in [5.41, 5.74) is -1.70. The molecule has 4 aliphatic carbocycles. The molecule has 6 heteroatoms. The van der Waals surface area contributed by atoms with Crippen LogP contribution in [-0.4, -0.2) is 45.1 Å². The van der Waals surface area contributed by atoms with Gasteiger partial charge in [0, 0.05) is 18.3 Å². The Balaban J connectivity index is 1.76. The molecule has 136 valence electrons. The van der Waals surface area contributed by atoms with Gasteiger partial charge < -0.3 is 20.1 Å². The molecular weight excluding hydrogens is 324 g/mol. The molecule has 1 saturated heterocycles. The highest BCUT2D eigenvalue weighted by molar-refractivity contribution is 5.85. The van der Waals surface area contributed by atoms with Crippen LogP contribution in [0, 0.1) is 34.5 Å². The molecule has 5 aliphatic rings. The smallest absolute Gasteiger partial charge is 0.315 e. The minimum absolute atomic E-state index is 0.0884. The van der Waals surface area contributed by atoms with Crippen molar-refractivity contribution in [2.24, 2.45) is 34.5 Å². The van der Waals surface area contributed by atoms with Crippen molar-refractivity contribution in [3.05, 3.63) is 12.2 Å². The maximum absolute atomic E-state index is 12.7. The van der Waals surface area contributed by atoms with Gasteiger partial charge in [0.1, 0.15) is 11.0 Å². The summed E-state index contributed by atoms with van der Waals surface area (Å²) in [6, 6.07) is 0. The third kappa shape index (κ3) is 1.44. The number of esters is 1. The van der Waals surface area contributed by atoms with Gasteiger partial charge in [0.25, 0.3) is 0 Å². The quantitative estimate of drug-likeness (QED) is 0.484. The monoisotopic (exact) mass is 348 g/mol. The lowest BCUT2D eigenvalue weighted by molar-refractivity contribution is -0.163. The minimum Gasteiger partial charge on any atom is -0.481 e. The SMILES string of the molecule is C=C1C[C@]23C[C@@H]1CC[C@H]2[C@@]12C[C@H](O)[C@H](O)[C@@](C)(C(=O)O1)C2[C@@H]3C(=O)O. The highest BCUT2D eigenvalue weighted by Gasteiger charge is 2.84. The van der Waals surface area contributed by atoms with E-state index in [-0.39, 0.29) is 12.3 Å². The van der Waals surface area contributed by atoms with E-state index in [2.05, 4.69) is 6.58 Å². The van der Waals surface area contributed by atoms with Gasteiger partial charge in [-0.2, -0.15) is 0 Å². The lowest BCUT2D eigenvalue weighted by atomic mass is 9.58. The summed E-state index contributed by atoms with van der Waals surface area (Å²) in [5, 5.41) is 31.3. The van der Waals surface area contributed by atoms with Gasteiger partial charge in [0.05, 0.1) is 18.1 Å². The lowest BCUT2D eigenvalue weighted by Gasteiger charge is -2.46. The van der Waals surface area contributed by atoms with Crippen LogP contribution in [0.1, 0.15) is 39.0 Å². The number of carbonyl (C=O) groups is 2. The molecule has 5 fully saturated rings. The molecule has 1 heterocycles. The molecule has 25 heavy (non-hydrogen) atoms. The molecule has 0 amide bonds. The lowest BCUT2D eigenvalue weighted by Crippen LogP contribution is -2.59. The van der Waals surface area contributed by atoms with Crippen molar-refractivity contribution in [1.29, 1.82) is 0 Å². The highest BCUT2D eigenvalue weighted by atomic mass is 16.6. The van der Waals surface area contributed by atoms with E-state index in [1.807, 2.05) is 0 Å². The van der Waals surface area contributed by atoms with Gasteiger partial charge in [0.15, 0.2) is 0 Å². The second kappa shape index (κ2) is 4.29. The van der Waals surface area contributed by atoms with E-state index in [1.165, 1.54) is 0 Å². The molecule has 6 nitrogen and oxygen atoms in total. The van der Waals surface area contributed by atoms with E-state index in [9.17, 15) is 24.9 Å². The van der Waals surface area contributed by atoms with Crippen LogP contribution >= 0.6 is 0 Å². The number of ether oxygens (including phenoxy) is 1. The standard InChI is InChI=1S/C19H24O6/c1-8-5-18-6-9(8)3-4-11(18)19-7-10(20)14(21)17(2,16(24)25-19)13(19)12(18)15(22)23/h9-14,20-21H,1,3-7H2,2H3,(H,22,23)/t9-,10-,11+,12+,13?,14-,17-,18-,19+/m0/s1. The number of rotatable bonds is 1. The number of carbonyl (C=O) groups excluding carboxylic acids is 1. The summed E-state index contributed by atoms with van der Waals surface area (Å²) in [5.74, 6) is -2.57. The van der Waals surface area contributed by atoms with Crippen LogP contribution < -0.4 is 0 Å². The van der Waals surface area contributed by atoms with Crippen LogP contribution in [0.2, 0.25) is 0 Å². The largest absolute Gasteiger partial charge is 0.481 e. The van der Waals surface area contributed by atoms with E-state index in [0.717, 1.165) is 24.8 Å². The maximum atomic E-state index is 12.7. The van der Waals surface area contributed by atoms with Gasteiger partial charge in [-0.3, -0.25) is 9.59 Å². The number of hydrogen-bond donors (Lipinski definition) is 3. The number of allylic oxidation sites excluding steroid dienone is 1. The third-order valence-corrected chi connectivity index (χ3v) is 8.47. The van der Waals surface area contributed by atoms with Crippen molar-refractivity contribution >= 4 is 11.9 Å². The topological polar surface area (TPSA) is 104 Å². The van der Waals surface area contributed by atoms with Crippen molar-refractivity contribution < 1.29 is 29.6 Å². The zero-order chi connectivity index (χ0) is 17.9. The van der Waals surface area contributed by atoms with Gasteiger partial charge in [-0.05, 0) is 43.9 Å².